The number of hydrogen-bond donors (Lipinski definition) is 0. The molecule has 1 saturated heterocycles. The van der Waals surface area contributed by atoms with Gasteiger partial charge in [0.2, 0.25) is 0 Å². The summed E-state index contributed by atoms with van der Waals surface area (Å²) in [5.41, 5.74) is 1.12. The van der Waals surface area contributed by atoms with E-state index in [-0.39, 0.29) is 16.8 Å². The lowest BCUT2D eigenvalue weighted by atomic mass is 10.1. The molecule has 1 fully saturated rings. The van der Waals surface area contributed by atoms with E-state index < -0.39 is 4.92 Å². The summed E-state index contributed by atoms with van der Waals surface area (Å²) >= 11 is 6.09. The van der Waals surface area contributed by atoms with Gasteiger partial charge in [0.25, 0.3) is 5.69 Å². The number of benzene rings is 2. The molecule has 0 spiro atoms. The van der Waals surface area contributed by atoms with E-state index in [4.69, 9.17) is 21.1 Å². The van der Waals surface area contributed by atoms with Crippen LogP contribution in [0.3, 0.4) is 0 Å². The number of piperidine rings is 1. The van der Waals surface area contributed by atoms with Crippen LogP contribution >= 0.6 is 11.6 Å². The lowest BCUT2D eigenvalue weighted by Gasteiger charge is -2.33. The highest BCUT2D eigenvalue weighted by Gasteiger charge is 2.22. The van der Waals surface area contributed by atoms with E-state index in [0.29, 0.717) is 5.75 Å². The minimum atomic E-state index is -0.469. The Kier molecular flexibility index (Phi) is 5.28. The Morgan fingerprint density at radius 1 is 1.16 bits per heavy atom. The monoisotopic (exact) mass is 362 g/mol. The molecule has 0 atom stereocenters. The van der Waals surface area contributed by atoms with Gasteiger partial charge in [-0.2, -0.15) is 0 Å². The molecule has 0 unspecified atom stereocenters. The topological polar surface area (TPSA) is 64.8 Å². The molecule has 0 amide bonds. The van der Waals surface area contributed by atoms with Crippen molar-refractivity contribution in [1.82, 2.24) is 0 Å². The summed E-state index contributed by atoms with van der Waals surface area (Å²) in [4.78, 5) is 12.6. The molecule has 2 aromatic carbocycles. The molecule has 0 aromatic heterocycles. The summed E-state index contributed by atoms with van der Waals surface area (Å²) < 4.78 is 11.1. The first-order chi connectivity index (χ1) is 12.1. The first-order valence-electron chi connectivity index (χ1n) is 8.06. The number of rotatable bonds is 5. The Balaban J connectivity index is 1.58. The van der Waals surface area contributed by atoms with E-state index in [0.717, 1.165) is 37.4 Å². The van der Waals surface area contributed by atoms with Crippen LogP contribution < -0.4 is 14.4 Å². The fourth-order valence-electron chi connectivity index (χ4n) is 2.90. The van der Waals surface area contributed by atoms with E-state index in [2.05, 4.69) is 4.90 Å². The minimum Gasteiger partial charge on any atom is -0.497 e. The summed E-state index contributed by atoms with van der Waals surface area (Å²) in [6.07, 6.45) is 1.77. The molecule has 7 heteroatoms. The molecule has 1 aliphatic rings. The number of anilines is 1. The molecule has 6 nitrogen and oxygen atoms in total. The Bertz CT molecular complexity index is 743. The lowest BCUT2D eigenvalue weighted by molar-refractivity contribution is -0.384. The summed E-state index contributed by atoms with van der Waals surface area (Å²) in [5, 5.41) is 11.0. The van der Waals surface area contributed by atoms with Gasteiger partial charge in [-0.3, -0.25) is 10.1 Å². The number of non-ortho nitro benzene ring substituents is 1. The first kappa shape index (κ1) is 17.4. The molecule has 0 aliphatic carbocycles. The number of hydrogen-bond acceptors (Lipinski definition) is 5. The van der Waals surface area contributed by atoms with Crippen molar-refractivity contribution < 1.29 is 14.4 Å². The molecule has 0 bridgehead atoms. The van der Waals surface area contributed by atoms with E-state index in [1.165, 1.54) is 12.1 Å². The van der Waals surface area contributed by atoms with Gasteiger partial charge >= 0.3 is 0 Å². The maximum absolute atomic E-state index is 10.8. The van der Waals surface area contributed by atoms with Crippen molar-refractivity contribution in [1.29, 1.82) is 0 Å². The third-order valence-corrected chi connectivity index (χ3v) is 4.59. The van der Waals surface area contributed by atoms with Crippen LogP contribution in [0.5, 0.6) is 11.5 Å². The van der Waals surface area contributed by atoms with Crippen molar-refractivity contribution >= 4 is 23.0 Å². The standard InChI is InChI=1S/C18H19ClN2O4/c1-24-15-5-2-13(3-6-15)20-10-8-16(9-11-20)25-18-7-4-14(21(22)23)12-17(18)19/h2-7,12,16H,8-11H2,1H3. The summed E-state index contributed by atoms with van der Waals surface area (Å²) in [5.74, 6) is 1.34. The second kappa shape index (κ2) is 7.61. The average molecular weight is 363 g/mol. The van der Waals surface area contributed by atoms with Crippen molar-refractivity contribution in [3.8, 4) is 11.5 Å². The normalized spacial score (nSPS) is 15.0. The van der Waals surface area contributed by atoms with Gasteiger partial charge in [-0.25, -0.2) is 0 Å². The molecule has 0 N–H and O–H groups in total. The molecular weight excluding hydrogens is 344 g/mol. The second-order valence-electron chi connectivity index (χ2n) is 5.87. The van der Waals surface area contributed by atoms with Crippen molar-refractivity contribution in [3.05, 3.63) is 57.6 Å². The molecule has 132 valence electrons. The number of nitrogens with zero attached hydrogens (tertiary/aromatic N) is 2. The highest BCUT2D eigenvalue weighted by Crippen LogP contribution is 2.31. The molecule has 25 heavy (non-hydrogen) atoms. The third kappa shape index (κ3) is 4.14. The van der Waals surface area contributed by atoms with Gasteiger partial charge in [0.15, 0.2) is 0 Å². The average Bonchev–Trinajstić information content (AvgIpc) is 2.64. The SMILES string of the molecule is COc1ccc(N2CCC(Oc3ccc([N+](=O)[O-])cc3Cl)CC2)cc1. The van der Waals surface area contributed by atoms with Crippen LogP contribution in [-0.4, -0.2) is 31.2 Å². The van der Waals surface area contributed by atoms with Gasteiger partial charge in [-0.1, -0.05) is 11.6 Å². The molecule has 2 aromatic rings. The molecule has 1 aliphatic heterocycles. The number of ether oxygens (including phenoxy) is 2. The Morgan fingerprint density at radius 2 is 1.84 bits per heavy atom. The van der Waals surface area contributed by atoms with Gasteiger partial charge < -0.3 is 14.4 Å². The van der Waals surface area contributed by atoms with Crippen molar-refractivity contribution in [2.45, 2.75) is 18.9 Å². The smallest absolute Gasteiger partial charge is 0.271 e. The quantitative estimate of drug-likeness (QED) is 0.586. The number of nitro groups is 1. The molecule has 3 rings (SSSR count). The largest absolute Gasteiger partial charge is 0.497 e. The van der Waals surface area contributed by atoms with E-state index in [1.807, 2.05) is 24.3 Å². The molecule has 1 heterocycles. The molecule has 0 saturated carbocycles. The zero-order chi connectivity index (χ0) is 17.8. The lowest BCUT2D eigenvalue weighted by Crippen LogP contribution is -2.38. The molecule has 0 radical (unpaired) electrons. The fraction of sp³-hybridized carbons (Fsp3) is 0.333. The van der Waals surface area contributed by atoms with Crippen LogP contribution in [0, 0.1) is 10.1 Å². The van der Waals surface area contributed by atoms with E-state index in [9.17, 15) is 10.1 Å². The van der Waals surface area contributed by atoms with Gasteiger partial charge in [0, 0.05) is 43.8 Å². The first-order valence-corrected chi connectivity index (χ1v) is 8.44. The van der Waals surface area contributed by atoms with Crippen LogP contribution in [0.4, 0.5) is 11.4 Å². The van der Waals surface area contributed by atoms with Gasteiger partial charge in [0.05, 0.1) is 17.1 Å². The minimum absolute atomic E-state index is 0.0355. The maximum Gasteiger partial charge on any atom is 0.271 e. The van der Waals surface area contributed by atoms with Crippen molar-refractivity contribution in [2.75, 3.05) is 25.1 Å². The third-order valence-electron chi connectivity index (χ3n) is 4.30. The van der Waals surface area contributed by atoms with Crippen LogP contribution in [0.1, 0.15) is 12.8 Å². The summed E-state index contributed by atoms with van der Waals surface area (Å²) in [6, 6.07) is 12.3. The Labute approximate surface area is 151 Å². The Morgan fingerprint density at radius 3 is 2.40 bits per heavy atom. The van der Waals surface area contributed by atoms with E-state index >= 15 is 0 Å². The van der Waals surface area contributed by atoms with Gasteiger partial charge in [-0.05, 0) is 30.3 Å². The highest BCUT2D eigenvalue weighted by molar-refractivity contribution is 6.32. The predicted octanol–water partition coefficient (Wildman–Crippen LogP) is 4.30. The van der Waals surface area contributed by atoms with E-state index in [1.54, 1.807) is 13.2 Å². The predicted molar refractivity (Wildman–Crippen MR) is 97.0 cm³/mol. The number of methoxy groups -OCH3 is 1. The fourth-order valence-corrected chi connectivity index (χ4v) is 3.12. The maximum atomic E-state index is 10.8. The van der Waals surface area contributed by atoms with Gasteiger partial charge in [-0.15, -0.1) is 0 Å². The highest BCUT2D eigenvalue weighted by atomic mass is 35.5. The van der Waals surface area contributed by atoms with Crippen LogP contribution in [0.25, 0.3) is 0 Å². The number of nitro benzene ring substituents is 1. The van der Waals surface area contributed by atoms with Crippen LogP contribution in [0.15, 0.2) is 42.5 Å². The van der Waals surface area contributed by atoms with Crippen molar-refractivity contribution in [3.63, 3.8) is 0 Å². The van der Waals surface area contributed by atoms with Crippen LogP contribution in [-0.2, 0) is 0 Å². The van der Waals surface area contributed by atoms with Crippen LogP contribution in [0.2, 0.25) is 5.02 Å². The van der Waals surface area contributed by atoms with Crippen molar-refractivity contribution in [2.24, 2.45) is 0 Å². The van der Waals surface area contributed by atoms with Gasteiger partial charge in [0.1, 0.15) is 17.6 Å². The second-order valence-corrected chi connectivity index (χ2v) is 6.28. The Hall–Kier alpha value is -2.47. The zero-order valence-electron chi connectivity index (χ0n) is 13.9. The number of halogens is 1. The zero-order valence-corrected chi connectivity index (χ0v) is 14.6. The summed E-state index contributed by atoms with van der Waals surface area (Å²) in [7, 11) is 1.65. The summed E-state index contributed by atoms with van der Waals surface area (Å²) in [6.45, 7) is 1.75. The molecular formula is C18H19ClN2O4.